The van der Waals surface area contributed by atoms with Gasteiger partial charge in [-0.3, -0.25) is 0 Å². The highest BCUT2D eigenvalue weighted by molar-refractivity contribution is 7.89. The Morgan fingerprint density at radius 1 is 1.47 bits per heavy atom. The fourth-order valence-electron chi connectivity index (χ4n) is 2.40. The van der Waals surface area contributed by atoms with Crippen LogP contribution in [-0.4, -0.2) is 37.1 Å². The van der Waals surface area contributed by atoms with E-state index in [1.807, 2.05) is 6.92 Å². The van der Waals surface area contributed by atoms with Crippen LogP contribution in [0, 0.1) is 12.8 Å². The van der Waals surface area contributed by atoms with Crippen molar-refractivity contribution in [1.82, 2.24) is 19.6 Å². The minimum Gasteiger partial charge on any atom is -0.337 e. The van der Waals surface area contributed by atoms with Crippen LogP contribution in [0.5, 0.6) is 0 Å². The molecule has 2 heterocycles. The number of imidazole rings is 1. The fourth-order valence-corrected chi connectivity index (χ4v) is 3.75. The highest BCUT2D eigenvalue weighted by Gasteiger charge is 2.26. The van der Waals surface area contributed by atoms with Crippen molar-refractivity contribution in [1.29, 1.82) is 0 Å². The lowest BCUT2D eigenvalue weighted by Gasteiger charge is -2.28. The zero-order valence-electron chi connectivity index (χ0n) is 11.7. The predicted octanol–water partition coefficient (Wildman–Crippen LogP) is 0.395. The average molecular weight is 286 g/mol. The van der Waals surface area contributed by atoms with E-state index in [1.165, 1.54) is 0 Å². The molecular weight excluding hydrogens is 264 g/mol. The number of piperidine rings is 1. The average Bonchev–Trinajstić information content (AvgIpc) is 2.71. The van der Waals surface area contributed by atoms with Crippen LogP contribution in [0.2, 0.25) is 0 Å². The van der Waals surface area contributed by atoms with Gasteiger partial charge in [-0.15, -0.1) is 0 Å². The second-order valence-electron chi connectivity index (χ2n) is 5.23. The van der Waals surface area contributed by atoms with Crippen molar-refractivity contribution in [3.63, 3.8) is 0 Å². The first kappa shape index (κ1) is 14.5. The number of nitrogens with zero attached hydrogens (tertiary/aromatic N) is 2. The van der Waals surface area contributed by atoms with Gasteiger partial charge in [0, 0.05) is 19.3 Å². The van der Waals surface area contributed by atoms with Crippen molar-refractivity contribution in [2.45, 2.75) is 37.8 Å². The van der Waals surface area contributed by atoms with Crippen LogP contribution in [-0.2, 0) is 17.1 Å². The summed E-state index contributed by atoms with van der Waals surface area (Å²) in [7, 11) is -1.72. The van der Waals surface area contributed by atoms with E-state index in [4.69, 9.17) is 0 Å². The van der Waals surface area contributed by atoms with Gasteiger partial charge in [0.05, 0.1) is 0 Å². The molecule has 7 heteroatoms. The molecule has 0 aromatic carbocycles. The summed E-state index contributed by atoms with van der Waals surface area (Å²) in [4.78, 5) is 4.08. The number of hydrogen-bond acceptors (Lipinski definition) is 4. The number of aromatic nitrogens is 2. The molecule has 1 aliphatic rings. The first-order valence-electron chi connectivity index (χ1n) is 6.63. The maximum absolute atomic E-state index is 12.2. The molecule has 1 atom stereocenters. The minimum absolute atomic E-state index is 0.0607. The third-order valence-corrected chi connectivity index (χ3v) is 5.22. The molecule has 0 spiro atoms. The van der Waals surface area contributed by atoms with Crippen molar-refractivity contribution in [3.05, 3.63) is 12.0 Å². The van der Waals surface area contributed by atoms with E-state index >= 15 is 0 Å². The Labute approximate surface area is 114 Å². The molecule has 0 bridgehead atoms. The molecule has 1 fully saturated rings. The highest BCUT2D eigenvalue weighted by atomic mass is 32.2. The van der Waals surface area contributed by atoms with Gasteiger partial charge >= 0.3 is 0 Å². The Morgan fingerprint density at radius 3 is 2.63 bits per heavy atom. The second kappa shape index (κ2) is 5.60. The lowest BCUT2D eigenvalue weighted by Crippen LogP contribution is -2.42. The van der Waals surface area contributed by atoms with Crippen LogP contribution in [0.4, 0.5) is 0 Å². The summed E-state index contributed by atoms with van der Waals surface area (Å²) in [6, 6.07) is -0.0607. The summed E-state index contributed by atoms with van der Waals surface area (Å²) in [5.41, 5.74) is 0. The van der Waals surface area contributed by atoms with Gasteiger partial charge < -0.3 is 9.88 Å². The summed E-state index contributed by atoms with van der Waals surface area (Å²) >= 11 is 0. The number of nitrogens with one attached hydrogen (secondary N) is 2. The number of sulfonamides is 1. The molecule has 1 aliphatic heterocycles. The van der Waals surface area contributed by atoms with Gasteiger partial charge in [-0.25, -0.2) is 18.1 Å². The zero-order valence-corrected chi connectivity index (χ0v) is 12.5. The normalized spacial score (nSPS) is 19.5. The Morgan fingerprint density at radius 2 is 2.11 bits per heavy atom. The molecule has 1 saturated heterocycles. The topological polar surface area (TPSA) is 76.0 Å². The van der Waals surface area contributed by atoms with Crippen LogP contribution >= 0.6 is 0 Å². The third-order valence-electron chi connectivity index (χ3n) is 3.79. The lowest BCUT2D eigenvalue weighted by atomic mass is 9.92. The van der Waals surface area contributed by atoms with Gasteiger partial charge in [0.15, 0.2) is 5.03 Å². The summed E-state index contributed by atoms with van der Waals surface area (Å²) in [5.74, 6) is 1.08. The quantitative estimate of drug-likeness (QED) is 0.840. The van der Waals surface area contributed by atoms with Gasteiger partial charge in [-0.2, -0.15) is 0 Å². The van der Waals surface area contributed by atoms with E-state index in [2.05, 4.69) is 15.0 Å². The van der Waals surface area contributed by atoms with Crippen molar-refractivity contribution in [2.75, 3.05) is 13.1 Å². The Bertz CT molecular complexity index is 512. The Balaban J connectivity index is 2.08. The predicted molar refractivity (Wildman–Crippen MR) is 73.3 cm³/mol. The van der Waals surface area contributed by atoms with E-state index in [-0.39, 0.29) is 11.1 Å². The smallest absolute Gasteiger partial charge is 0.259 e. The summed E-state index contributed by atoms with van der Waals surface area (Å²) in [6.45, 7) is 5.64. The zero-order chi connectivity index (χ0) is 14.0. The van der Waals surface area contributed by atoms with Gasteiger partial charge in [0.25, 0.3) is 10.0 Å². The van der Waals surface area contributed by atoms with E-state index in [0.29, 0.717) is 11.7 Å². The molecule has 1 aromatic heterocycles. The summed E-state index contributed by atoms with van der Waals surface area (Å²) in [6.07, 6.45) is 3.56. The van der Waals surface area contributed by atoms with Crippen LogP contribution in [0.1, 0.15) is 25.6 Å². The van der Waals surface area contributed by atoms with Crippen molar-refractivity contribution < 1.29 is 8.42 Å². The maximum Gasteiger partial charge on any atom is 0.259 e. The van der Waals surface area contributed by atoms with Gasteiger partial charge in [-0.1, -0.05) is 0 Å². The monoisotopic (exact) mass is 286 g/mol. The van der Waals surface area contributed by atoms with Gasteiger partial charge in [-0.05, 0) is 45.7 Å². The molecule has 2 rings (SSSR count). The molecule has 19 heavy (non-hydrogen) atoms. The SMILES string of the molecule is Cc1nc(S(=O)(=O)NC(C)C2CCNCC2)cn1C. The first-order valence-corrected chi connectivity index (χ1v) is 8.11. The molecule has 1 aromatic rings. The van der Waals surface area contributed by atoms with Gasteiger partial charge in [0.1, 0.15) is 5.82 Å². The Hall–Kier alpha value is -0.920. The highest BCUT2D eigenvalue weighted by Crippen LogP contribution is 2.18. The van der Waals surface area contributed by atoms with Crippen LogP contribution in [0.3, 0.4) is 0 Å². The second-order valence-corrected chi connectivity index (χ2v) is 6.90. The molecule has 0 radical (unpaired) electrons. The Kier molecular flexibility index (Phi) is 4.27. The largest absolute Gasteiger partial charge is 0.337 e. The molecule has 0 amide bonds. The third kappa shape index (κ3) is 3.34. The molecule has 0 saturated carbocycles. The molecule has 2 N–H and O–H groups in total. The molecule has 1 unspecified atom stereocenters. The summed E-state index contributed by atoms with van der Waals surface area (Å²) in [5, 5.41) is 3.39. The standard InChI is InChI=1S/C12H22N4O2S/c1-9(11-4-6-13-7-5-11)15-19(17,18)12-8-16(3)10(2)14-12/h8-9,11,13,15H,4-7H2,1-3H3. The van der Waals surface area contributed by atoms with Crippen LogP contribution < -0.4 is 10.0 Å². The van der Waals surface area contributed by atoms with E-state index in [1.54, 1.807) is 24.7 Å². The maximum atomic E-state index is 12.2. The van der Waals surface area contributed by atoms with Gasteiger partial charge in [0.2, 0.25) is 0 Å². The molecule has 0 aliphatic carbocycles. The van der Waals surface area contributed by atoms with Crippen molar-refractivity contribution in [3.8, 4) is 0 Å². The fraction of sp³-hybridized carbons (Fsp3) is 0.750. The van der Waals surface area contributed by atoms with Crippen molar-refractivity contribution >= 4 is 10.0 Å². The molecule has 6 nitrogen and oxygen atoms in total. The van der Waals surface area contributed by atoms with E-state index in [9.17, 15) is 8.42 Å². The lowest BCUT2D eigenvalue weighted by molar-refractivity contribution is 0.316. The minimum atomic E-state index is -3.51. The van der Waals surface area contributed by atoms with E-state index < -0.39 is 10.0 Å². The van der Waals surface area contributed by atoms with Crippen LogP contribution in [0.15, 0.2) is 11.2 Å². The van der Waals surface area contributed by atoms with E-state index in [0.717, 1.165) is 25.9 Å². The molecular formula is C12H22N4O2S. The number of hydrogen-bond donors (Lipinski definition) is 2. The molecule has 108 valence electrons. The first-order chi connectivity index (χ1) is 8.90. The van der Waals surface area contributed by atoms with Crippen LogP contribution in [0.25, 0.3) is 0 Å². The summed E-state index contributed by atoms with van der Waals surface area (Å²) < 4.78 is 29.0. The van der Waals surface area contributed by atoms with Crippen molar-refractivity contribution in [2.24, 2.45) is 13.0 Å². The number of aryl methyl sites for hydroxylation is 2. The number of rotatable bonds is 4.